The Morgan fingerprint density at radius 3 is 2.35 bits per heavy atom. The Morgan fingerprint density at radius 2 is 1.68 bits per heavy atom. The van der Waals surface area contributed by atoms with Crippen LogP contribution in [0.15, 0.2) is 36.4 Å². The Kier molecular flexibility index (Phi) is 7.73. The molecule has 2 heterocycles. The normalized spacial score (nSPS) is 16.6. The van der Waals surface area contributed by atoms with E-state index in [1.54, 1.807) is 0 Å². The van der Waals surface area contributed by atoms with Gasteiger partial charge >= 0.3 is 0 Å². The van der Waals surface area contributed by atoms with Crippen LogP contribution in [0, 0.1) is 13.8 Å². The third-order valence-corrected chi connectivity index (χ3v) is 6.76. The standard InChI is InChI=1S/C27H36N4O3/c1-4-29-13-15-30(16-14-29)24-9-8-22(27(33)31-11-5-6-12-31)18-23(24)28-26(32)19-34-25-10-7-20(2)17-21(25)3/h7-10,17-18H,4-6,11-16,19H2,1-3H3,(H,28,32). The van der Waals surface area contributed by atoms with Gasteiger partial charge in [-0.2, -0.15) is 0 Å². The van der Waals surface area contributed by atoms with Crippen LogP contribution in [-0.4, -0.2) is 74.0 Å². The predicted octanol–water partition coefficient (Wildman–Crippen LogP) is 3.70. The van der Waals surface area contributed by atoms with Crippen molar-refractivity contribution in [2.24, 2.45) is 0 Å². The van der Waals surface area contributed by atoms with Gasteiger partial charge in [0.1, 0.15) is 5.75 Å². The smallest absolute Gasteiger partial charge is 0.262 e. The van der Waals surface area contributed by atoms with Crippen molar-refractivity contribution in [2.45, 2.75) is 33.6 Å². The molecular weight excluding hydrogens is 428 g/mol. The van der Waals surface area contributed by atoms with E-state index in [0.29, 0.717) is 17.0 Å². The number of hydrogen-bond acceptors (Lipinski definition) is 5. The first-order valence-corrected chi connectivity index (χ1v) is 12.3. The third-order valence-electron chi connectivity index (χ3n) is 6.76. The van der Waals surface area contributed by atoms with E-state index in [9.17, 15) is 9.59 Å². The highest BCUT2D eigenvalue weighted by atomic mass is 16.5. The Morgan fingerprint density at radius 1 is 0.941 bits per heavy atom. The van der Waals surface area contributed by atoms with E-state index in [2.05, 4.69) is 22.0 Å². The number of carbonyl (C=O) groups is 2. The van der Waals surface area contributed by atoms with Gasteiger partial charge in [0.25, 0.3) is 11.8 Å². The van der Waals surface area contributed by atoms with Crippen LogP contribution < -0.4 is 15.0 Å². The summed E-state index contributed by atoms with van der Waals surface area (Å²) in [6.45, 7) is 12.5. The molecule has 182 valence electrons. The minimum Gasteiger partial charge on any atom is -0.483 e. The first-order valence-electron chi connectivity index (χ1n) is 12.3. The van der Waals surface area contributed by atoms with Gasteiger partial charge in [-0.05, 0) is 63.1 Å². The average Bonchev–Trinajstić information content (AvgIpc) is 3.38. The highest BCUT2D eigenvalue weighted by Crippen LogP contribution is 2.29. The van der Waals surface area contributed by atoms with Crippen LogP contribution in [0.5, 0.6) is 5.75 Å². The molecule has 4 rings (SSSR count). The van der Waals surface area contributed by atoms with Gasteiger partial charge in [0.15, 0.2) is 6.61 Å². The van der Waals surface area contributed by atoms with Crippen molar-refractivity contribution in [1.29, 1.82) is 0 Å². The minimum absolute atomic E-state index is 0.0295. The number of hydrogen-bond donors (Lipinski definition) is 1. The summed E-state index contributed by atoms with van der Waals surface area (Å²) in [4.78, 5) is 32.5. The van der Waals surface area contributed by atoms with Gasteiger partial charge in [-0.15, -0.1) is 0 Å². The molecule has 0 radical (unpaired) electrons. The number of piperazine rings is 1. The van der Waals surface area contributed by atoms with Gasteiger partial charge < -0.3 is 24.8 Å². The van der Waals surface area contributed by atoms with Crippen LogP contribution in [0.3, 0.4) is 0 Å². The number of carbonyl (C=O) groups excluding carboxylic acids is 2. The van der Waals surface area contributed by atoms with Crippen LogP contribution in [0.25, 0.3) is 0 Å². The van der Waals surface area contributed by atoms with Crippen LogP contribution >= 0.6 is 0 Å². The van der Waals surface area contributed by atoms with E-state index in [1.807, 2.05) is 55.1 Å². The lowest BCUT2D eigenvalue weighted by Crippen LogP contribution is -2.46. The summed E-state index contributed by atoms with van der Waals surface area (Å²) in [5, 5.41) is 3.03. The average molecular weight is 465 g/mol. The third kappa shape index (κ3) is 5.70. The Labute approximate surface area is 202 Å². The zero-order chi connectivity index (χ0) is 24.1. The number of amides is 2. The Balaban J connectivity index is 1.51. The molecule has 2 aliphatic rings. The highest BCUT2D eigenvalue weighted by molar-refractivity contribution is 6.00. The number of benzene rings is 2. The van der Waals surface area contributed by atoms with Crippen LogP contribution in [0.2, 0.25) is 0 Å². The molecule has 0 aliphatic carbocycles. The maximum absolute atomic E-state index is 13.0. The fourth-order valence-corrected chi connectivity index (χ4v) is 4.74. The fraction of sp³-hybridized carbons (Fsp3) is 0.481. The van der Waals surface area contributed by atoms with Gasteiger partial charge in [-0.25, -0.2) is 0 Å². The molecule has 7 heteroatoms. The highest BCUT2D eigenvalue weighted by Gasteiger charge is 2.23. The van der Waals surface area contributed by atoms with Gasteiger partial charge in [0.2, 0.25) is 0 Å². The number of nitrogens with zero attached hydrogens (tertiary/aromatic N) is 3. The SMILES string of the molecule is CCN1CCN(c2ccc(C(=O)N3CCCC3)cc2NC(=O)COc2ccc(C)cc2C)CC1. The molecule has 2 aromatic rings. The molecule has 2 saturated heterocycles. The van der Waals surface area contributed by atoms with E-state index in [0.717, 1.165) is 75.5 Å². The lowest BCUT2D eigenvalue weighted by atomic mass is 10.1. The molecule has 0 bridgehead atoms. The Bertz CT molecular complexity index is 1020. The second-order valence-electron chi connectivity index (χ2n) is 9.26. The topological polar surface area (TPSA) is 65.1 Å². The fourth-order valence-electron chi connectivity index (χ4n) is 4.74. The second kappa shape index (κ2) is 10.9. The lowest BCUT2D eigenvalue weighted by Gasteiger charge is -2.36. The van der Waals surface area contributed by atoms with E-state index in [4.69, 9.17) is 4.74 Å². The minimum atomic E-state index is -0.237. The molecule has 0 saturated carbocycles. The number of ether oxygens (including phenoxy) is 1. The van der Waals surface area contributed by atoms with Crippen molar-refractivity contribution in [3.05, 3.63) is 53.1 Å². The van der Waals surface area contributed by atoms with E-state index < -0.39 is 0 Å². The molecule has 34 heavy (non-hydrogen) atoms. The molecule has 7 nitrogen and oxygen atoms in total. The summed E-state index contributed by atoms with van der Waals surface area (Å²) >= 11 is 0. The van der Waals surface area contributed by atoms with Gasteiger partial charge in [-0.3, -0.25) is 9.59 Å². The van der Waals surface area contributed by atoms with E-state index >= 15 is 0 Å². The summed E-state index contributed by atoms with van der Waals surface area (Å²) < 4.78 is 5.79. The van der Waals surface area contributed by atoms with Crippen molar-refractivity contribution < 1.29 is 14.3 Å². The molecule has 0 atom stereocenters. The molecule has 2 aliphatic heterocycles. The zero-order valence-electron chi connectivity index (χ0n) is 20.6. The van der Waals surface area contributed by atoms with Crippen molar-refractivity contribution in [1.82, 2.24) is 9.80 Å². The number of nitrogens with one attached hydrogen (secondary N) is 1. The molecular formula is C27H36N4O3. The lowest BCUT2D eigenvalue weighted by molar-refractivity contribution is -0.118. The van der Waals surface area contributed by atoms with Crippen molar-refractivity contribution in [2.75, 3.05) is 62.6 Å². The zero-order valence-corrected chi connectivity index (χ0v) is 20.6. The number of likely N-dealkylation sites (N-methyl/N-ethyl adjacent to an activating group) is 1. The van der Waals surface area contributed by atoms with Crippen LogP contribution in [0.1, 0.15) is 41.3 Å². The summed E-state index contributed by atoms with van der Waals surface area (Å²) in [5.41, 5.74) is 4.39. The van der Waals surface area contributed by atoms with Gasteiger partial charge in [0, 0.05) is 44.8 Å². The summed E-state index contributed by atoms with van der Waals surface area (Å²) in [6, 6.07) is 11.6. The second-order valence-corrected chi connectivity index (χ2v) is 9.26. The van der Waals surface area contributed by atoms with Crippen molar-refractivity contribution in [3.8, 4) is 5.75 Å². The number of rotatable bonds is 7. The largest absolute Gasteiger partial charge is 0.483 e. The Hall–Kier alpha value is -3.06. The van der Waals surface area contributed by atoms with Gasteiger partial charge in [0.05, 0.1) is 11.4 Å². The summed E-state index contributed by atoms with van der Waals surface area (Å²) in [7, 11) is 0. The quantitative estimate of drug-likeness (QED) is 0.677. The molecule has 1 N–H and O–H groups in total. The van der Waals surface area contributed by atoms with Crippen LogP contribution in [0.4, 0.5) is 11.4 Å². The first kappa shape index (κ1) is 24.1. The van der Waals surface area contributed by atoms with Gasteiger partial charge in [-0.1, -0.05) is 24.6 Å². The molecule has 2 amide bonds. The van der Waals surface area contributed by atoms with Crippen molar-refractivity contribution in [3.63, 3.8) is 0 Å². The summed E-state index contributed by atoms with van der Waals surface area (Å²) in [6.07, 6.45) is 2.09. The molecule has 0 spiro atoms. The predicted molar refractivity (Wildman–Crippen MR) is 136 cm³/mol. The monoisotopic (exact) mass is 464 g/mol. The van der Waals surface area contributed by atoms with E-state index in [1.165, 1.54) is 0 Å². The van der Waals surface area contributed by atoms with E-state index in [-0.39, 0.29) is 18.4 Å². The number of aryl methyl sites for hydroxylation is 2. The van der Waals surface area contributed by atoms with Crippen molar-refractivity contribution >= 4 is 23.2 Å². The number of likely N-dealkylation sites (tertiary alicyclic amines) is 1. The molecule has 0 aromatic heterocycles. The molecule has 2 fully saturated rings. The summed E-state index contributed by atoms with van der Waals surface area (Å²) in [5.74, 6) is 0.496. The maximum atomic E-state index is 13.0. The molecule has 2 aromatic carbocycles. The van der Waals surface area contributed by atoms with Crippen LogP contribution in [-0.2, 0) is 4.79 Å². The first-order chi connectivity index (χ1) is 16.4. The molecule has 0 unspecified atom stereocenters. The maximum Gasteiger partial charge on any atom is 0.262 e. The number of anilines is 2.